The molecule has 0 aliphatic carbocycles. The Morgan fingerprint density at radius 1 is 1.24 bits per heavy atom. The first kappa shape index (κ1) is 15.4. The molecule has 0 fully saturated rings. The van der Waals surface area contributed by atoms with Gasteiger partial charge in [-0.3, -0.25) is 0 Å². The highest BCUT2D eigenvalue weighted by molar-refractivity contribution is 9.10. The van der Waals surface area contributed by atoms with Crippen LogP contribution in [-0.4, -0.2) is 17.1 Å². The fourth-order valence-electron chi connectivity index (χ4n) is 1.56. The second-order valence-corrected chi connectivity index (χ2v) is 4.82. The molecule has 0 saturated heterocycles. The number of nitrogens with two attached hydrogens (primary N) is 1. The van der Waals surface area contributed by atoms with Crippen molar-refractivity contribution in [2.75, 3.05) is 18.2 Å². The van der Waals surface area contributed by atoms with Crippen molar-refractivity contribution in [3.05, 3.63) is 34.4 Å². The van der Waals surface area contributed by atoms with Gasteiger partial charge in [0.25, 0.3) is 0 Å². The molecule has 1 aromatic carbocycles. The van der Waals surface area contributed by atoms with Gasteiger partial charge in [0, 0.05) is 17.8 Å². The van der Waals surface area contributed by atoms with Gasteiger partial charge in [-0.1, -0.05) is 0 Å². The number of ether oxygens (including phenoxy) is 1. The number of rotatable bonds is 3. The van der Waals surface area contributed by atoms with Crippen molar-refractivity contribution >= 4 is 33.4 Å². The maximum Gasteiger partial charge on any atom is 0.433 e. The molecule has 0 amide bonds. The number of nitrogens with one attached hydrogen (secondary N) is 1. The van der Waals surface area contributed by atoms with E-state index in [1.165, 1.54) is 7.11 Å². The normalized spacial score (nSPS) is 11.3. The third-order valence-electron chi connectivity index (χ3n) is 2.46. The average Bonchev–Trinajstić information content (AvgIpc) is 2.39. The van der Waals surface area contributed by atoms with Gasteiger partial charge in [0.15, 0.2) is 5.69 Å². The second-order valence-electron chi connectivity index (χ2n) is 3.97. The van der Waals surface area contributed by atoms with Gasteiger partial charge in [-0.05, 0) is 28.1 Å². The first-order chi connectivity index (χ1) is 9.79. The number of halogens is 4. The van der Waals surface area contributed by atoms with Crippen molar-refractivity contribution in [3.8, 4) is 5.75 Å². The Morgan fingerprint density at radius 2 is 1.95 bits per heavy atom. The fraction of sp³-hybridized carbons (Fsp3) is 0.167. The summed E-state index contributed by atoms with van der Waals surface area (Å²) in [6.45, 7) is 0. The topological polar surface area (TPSA) is 73.1 Å². The van der Waals surface area contributed by atoms with Crippen LogP contribution >= 0.6 is 15.9 Å². The minimum absolute atomic E-state index is 0.0563. The molecule has 0 aliphatic rings. The van der Waals surface area contributed by atoms with Crippen molar-refractivity contribution < 1.29 is 17.9 Å². The Kier molecular flexibility index (Phi) is 4.21. The van der Waals surface area contributed by atoms with Crippen molar-refractivity contribution in [2.45, 2.75) is 6.18 Å². The molecular formula is C12H10BrF3N4O. The van der Waals surface area contributed by atoms with Crippen LogP contribution in [0.4, 0.5) is 30.6 Å². The van der Waals surface area contributed by atoms with Crippen LogP contribution in [0.15, 0.2) is 28.7 Å². The molecule has 112 valence electrons. The zero-order valence-corrected chi connectivity index (χ0v) is 12.3. The summed E-state index contributed by atoms with van der Waals surface area (Å²) in [5, 5.41) is 2.73. The van der Waals surface area contributed by atoms with Crippen LogP contribution in [0.3, 0.4) is 0 Å². The van der Waals surface area contributed by atoms with Crippen LogP contribution in [0.25, 0.3) is 0 Å². The van der Waals surface area contributed by atoms with E-state index in [1.54, 1.807) is 18.2 Å². The highest BCUT2D eigenvalue weighted by Gasteiger charge is 2.33. The second kappa shape index (κ2) is 5.76. The quantitative estimate of drug-likeness (QED) is 0.872. The monoisotopic (exact) mass is 362 g/mol. The van der Waals surface area contributed by atoms with E-state index < -0.39 is 17.8 Å². The van der Waals surface area contributed by atoms with E-state index in [0.717, 1.165) is 6.07 Å². The first-order valence-electron chi connectivity index (χ1n) is 5.62. The molecular weight excluding hydrogens is 353 g/mol. The molecule has 3 N–H and O–H groups in total. The molecule has 0 aliphatic heterocycles. The molecule has 9 heteroatoms. The van der Waals surface area contributed by atoms with Crippen LogP contribution in [-0.2, 0) is 6.18 Å². The number of nitrogens with zero attached hydrogens (tertiary/aromatic N) is 2. The fourth-order valence-corrected chi connectivity index (χ4v) is 1.97. The molecule has 0 spiro atoms. The van der Waals surface area contributed by atoms with Crippen molar-refractivity contribution in [1.82, 2.24) is 9.97 Å². The summed E-state index contributed by atoms with van der Waals surface area (Å²) in [4.78, 5) is 6.89. The molecule has 2 aromatic rings. The lowest BCUT2D eigenvalue weighted by Crippen LogP contribution is -2.12. The molecule has 2 rings (SSSR count). The van der Waals surface area contributed by atoms with E-state index in [1.807, 2.05) is 0 Å². The van der Waals surface area contributed by atoms with E-state index in [2.05, 4.69) is 31.2 Å². The maximum atomic E-state index is 12.7. The van der Waals surface area contributed by atoms with Gasteiger partial charge in [0.1, 0.15) is 11.6 Å². The van der Waals surface area contributed by atoms with Crippen LogP contribution < -0.4 is 15.8 Å². The smallest absolute Gasteiger partial charge is 0.433 e. The minimum atomic E-state index is -4.59. The number of alkyl halides is 3. The predicted octanol–water partition coefficient (Wildman–Crippen LogP) is 3.59. The summed E-state index contributed by atoms with van der Waals surface area (Å²) in [6.07, 6.45) is -4.59. The summed E-state index contributed by atoms with van der Waals surface area (Å²) in [6, 6.07) is 5.73. The standard InChI is InChI=1S/C12H10BrF3N4O/c1-21-8-4-6(2-3-7(8)13)18-10-5-9(12(14,15)16)19-11(17)20-10/h2-5H,1H3,(H3,17,18,19,20). The van der Waals surface area contributed by atoms with Crippen molar-refractivity contribution in [1.29, 1.82) is 0 Å². The molecule has 0 saturated carbocycles. The van der Waals surface area contributed by atoms with Gasteiger partial charge in [0.2, 0.25) is 5.95 Å². The Bertz CT molecular complexity index is 663. The lowest BCUT2D eigenvalue weighted by atomic mass is 10.3. The van der Waals surface area contributed by atoms with Crippen LogP contribution in [0.5, 0.6) is 5.75 Å². The minimum Gasteiger partial charge on any atom is -0.495 e. The SMILES string of the molecule is COc1cc(Nc2cc(C(F)(F)F)nc(N)n2)ccc1Br. The van der Waals surface area contributed by atoms with E-state index in [0.29, 0.717) is 15.9 Å². The number of hydrogen-bond acceptors (Lipinski definition) is 5. The van der Waals surface area contributed by atoms with Crippen LogP contribution in [0, 0.1) is 0 Å². The maximum absolute atomic E-state index is 12.7. The zero-order valence-electron chi connectivity index (χ0n) is 10.7. The van der Waals surface area contributed by atoms with Crippen molar-refractivity contribution in [2.24, 2.45) is 0 Å². The third-order valence-corrected chi connectivity index (χ3v) is 3.11. The summed E-state index contributed by atoms with van der Waals surface area (Å²) in [5.41, 5.74) is 4.69. The number of aromatic nitrogens is 2. The largest absolute Gasteiger partial charge is 0.495 e. The summed E-state index contributed by atoms with van der Waals surface area (Å²) in [5.74, 6) is 0.00803. The molecule has 1 heterocycles. The van der Waals surface area contributed by atoms with E-state index in [-0.39, 0.29) is 5.82 Å². The lowest BCUT2D eigenvalue weighted by molar-refractivity contribution is -0.141. The van der Waals surface area contributed by atoms with Gasteiger partial charge in [-0.2, -0.15) is 18.2 Å². The molecule has 0 bridgehead atoms. The van der Waals surface area contributed by atoms with E-state index >= 15 is 0 Å². The Hall–Kier alpha value is -2.03. The Morgan fingerprint density at radius 3 is 2.57 bits per heavy atom. The zero-order chi connectivity index (χ0) is 15.6. The van der Waals surface area contributed by atoms with Crippen LogP contribution in [0.2, 0.25) is 0 Å². The number of hydrogen-bond donors (Lipinski definition) is 2. The molecule has 0 unspecified atom stereocenters. The molecule has 0 atom stereocenters. The summed E-state index contributed by atoms with van der Waals surface area (Å²) in [7, 11) is 1.48. The summed E-state index contributed by atoms with van der Waals surface area (Å²) < 4.78 is 43.8. The Balaban J connectivity index is 2.33. The number of benzene rings is 1. The summed E-state index contributed by atoms with van der Waals surface area (Å²) >= 11 is 3.28. The van der Waals surface area contributed by atoms with Gasteiger partial charge in [0.05, 0.1) is 11.6 Å². The van der Waals surface area contributed by atoms with E-state index in [4.69, 9.17) is 10.5 Å². The van der Waals surface area contributed by atoms with Crippen molar-refractivity contribution in [3.63, 3.8) is 0 Å². The predicted molar refractivity (Wildman–Crippen MR) is 75.4 cm³/mol. The lowest BCUT2D eigenvalue weighted by Gasteiger charge is -2.11. The van der Waals surface area contributed by atoms with Crippen LogP contribution in [0.1, 0.15) is 5.69 Å². The number of anilines is 3. The van der Waals surface area contributed by atoms with E-state index in [9.17, 15) is 13.2 Å². The highest BCUT2D eigenvalue weighted by Crippen LogP contribution is 2.32. The molecule has 1 aromatic heterocycles. The Labute approximate surface area is 126 Å². The average molecular weight is 363 g/mol. The number of methoxy groups -OCH3 is 1. The first-order valence-corrected chi connectivity index (χ1v) is 6.41. The molecule has 0 radical (unpaired) electrons. The third kappa shape index (κ3) is 3.75. The van der Waals surface area contributed by atoms with Gasteiger partial charge in [-0.25, -0.2) is 4.98 Å². The molecule has 21 heavy (non-hydrogen) atoms. The van der Waals surface area contributed by atoms with Gasteiger partial charge < -0.3 is 15.8 Å². The highest BCUT2D eigenvalue weighted by atomic mass is 79.9. The molecule has 5 nitrogen and oxygen atoms in total. The number of nitrogen functional groups attached to an aromatic ring is 1. The van der Waals surface area contributed by atoms with Gasteiger partial charge in [-0.15, -0.1) is 0 Å². The van der Waals surface area contributed by atoms with Gasteiger partial charge >= 0.3 is 6.18 Å².